The molecule has 1 N–H and O–H groups in total. The van der Waals surface area contributed by atoms with Crippen molar-refractivity contribution in [1.29, 1.82) is 0 Å². The van der Waals surface area contributed by atoms with E-state index in [1.54, 1.807) is 6.20 Å². The molecule has 0 unspecified atom stereocenters. The molecule has 0 aromatic carbocycles. The minimum absolute atomic E-state index is 0.663. The first-order valence-corrected chi connectivity index (χ1v) is 7.61. The van der Waals surface area contributed by atoms with E-state index < -0.39 is 0 Å². The molecule has 1 saturated heterocycles. The van der Waals surface area contributed by atoms with Crippen LogP contribution >= 0.6 is 12.2 Å². The van der Waals surface area contributed by atoms with Crippen molar-refractivity contribution in [2.24, 2.45) is 0 Å². The Bertz CT molecular complexity index is 618. The number of ether oxygens (including phenoxy) is 1. The molecule has 2 aromatic rings. The number of hydrogen-bond donors (Lipinski definition) is 1. The van der Waals surface area contributed by atoms with Crippen molar-refractivity contribution in [1.82, 2.24) is 24.6 Å². The number of aromatic amines is 1. The Morgan fingerprint density at radius 1 is 1.29 bits per heavy atom. The predicted molar refractivity (Wildman–Crippen MR) is 82.5 cm³/mol. The Morgan fingerprint density at radius 3 is 2.90 bits per heavy atom. The number of morpholine rings is 1. The van der Waals surface area contributed by atoms with Crippen LogP contribution in [0.4, 0.5) is 0 Å². The van der Waals surface area contributed by atoms with E-state index in [9.17, 15) is 0 Å². The Balaban J connectivity index is 1.65. The highest BCUT2D eigenvalue weighted by Crippen LogP contribution is 2.16. The molecule has 0 amide bonds. The molecule has 21 heavy (non-hydrogen) atoms. The minimum Gasteiger partial charge on any atom is -0.379 e. The lowest BCUT2D eigenvalue weighted by atomic mass is 10.2. The zero-order valence-electron chi connectivity index (χ0n) is 11.9. The van der Waals surface area contributed by atoms with Crippen LogP contribution in [0.15, 0.2) is 24.5 Å². The summed E-state index contributed by atoms with van der Waals surface area (Å²) in [5.74, 6) is 0.857. The van der Waals surface area contributed by atoms with E-state index in [4.69, 9.17) is 17.0 Å². The lowest BCUT2D eigenvalue weighted by Crippen LogP contribution is -2.37. The van der Waals surface area contributed by atoms with E-state index in [-0.39, 0.29) is 0 Å². The van der Waals surface area contributed by atoms with Crippen LogP contribution in [0.1, 0.15) is 6.42 Å². The first-order valence-electron chi connectivity index (χ1n) is 7.20. The van der Waals surface area contributed by atoms with Gasteiger partial charge in [-0.05, 0) is 30.8 Å². The molecule has 0 atom stereocenters. The van der Waals surface area contributed by atoms with E-state index in [1.165, 1.54) is 0 Å². The summed E-state index contributed by atoms with van der Waals surface area (Å²) < 4.78 is 8.07. The summed E-state index contributed by atoms with van der Waals surface area (Å²) >= 11 is 5.33. The molecule has 0 aliphatic carbocycles. The largest absolute Gasteiger partial charge is 0.379 e. The van der Waals surface area contributed by atoms with Crippen LogP contribution in [0.5, 0.6) is 0 Å². The molecule has 0 saturated carbocycles. The van der Waals surface area contributed by atoms with Gasteiger partial charge < -0.3 is 9.30 Å². The van der Waals surface area contributed by atoms with Crippen LogP contribution in [-0.4, -0.2) is 57.5 Å². The number of H-pyrrole nitrogens is 1. The van der Waals surface area contributed by atoms with Crippen LogP contribution in [-0.2, 0) is 11.3 Å². The van der Waals surface area contributed by atoms with Crippen LogP contribution < -0.4 is 0 Å². The maximum absolute atomic E-state index is 5.36. The van der Waals surface area contributed by atoms with Gasteiger partial charge >= 0.3 is 0 Å². The Hall–Kier alpha value is -1.57. The van der Waals surface area contributed by atoms with Gasteiger partial charge in [-0.1, -0.05) is 0 Å². The number of nitrogens with zero attached hydrogens (tertiary/aromatic N) is 4. The normalized spacial score (nSPS) is 16.2. The maximum Gasteiger partial charge on any atom is 0.195 e. The Kier molecular flexibility index (Phi) is 4.74. The molecule has 7 heteroatoms. The van der Waals surface area contributed by atoms with Crippen LogP contribution in [0, 0.1) is 4.77 Å². The van der Waals surface area contributed by atoms with Crippen molar-refractivity contribution in [3.05, 3.63) is 29.3 Å². The summed E-state index contributed by atoms with van der Waals surface area (Å²) in [6, 6.07) is 3.90. The fourth-order valence-electron chi connectivity index (χ4n) is 2.52. The van der Waals surface area contributed by atoms with E-state index in [2.05, 4.69) is 20.1 Å². The second kappa shape index (κ2) is 6.93. The summed E-state index contributed by atoms with van der Waals surface area (Å²) in [6.07, 6.45) is 4.61. The smallest absolute Gasteiger partial charge is 0.195 e. The molecule has 112 valence electrons. The third kappa shape index (κ3) is 3.55. The quantitative estimate of drug-likeness (QED) is 0.853. The summed E-state index contributed by atoms with van der Waals surface area (Å²) in [4.78, 5) is 6.57. The van der Waals surface area contributed by atoms with Crippen molar-refractivity contribution >= 4 is 12.2 Å². The van der Waals surface area contributed by atoms with E-state index in [1.807, 2.05) is 22.9 Å². The van der Waals surface area contributed by atoms with Gasteiger partial charge in [-0.15, -0.1) is 0 Å². The second-order valence-electron chi connectivity index (χ2n) is 5.05. The maximum atomic E-state index is 5.36. The average Bonchev–Trinajstić information content (AvgIpc) is 2.91. The van der Waals surface area contributed by atoms with Gasteiger partial charge in [0, 0.05) is 44.1 Å². The molecule has 3 rings (SSSR count). The molecule has 0 bridgehead atoms. The van der Waals surface area contributed by atoms with Crippen LogP contribution in [0.3, 0.4) is 0 Å². The van der Waals surface area contributed by atoms with Gasteiger partial charge in [-0.2, -0.15) is 5.10 Å². The molecule has 1 aliphatic heterocycles. The van der Waals surface area contributed by atoms with Gasteiger partial charge in [-0.25, -0.2) is 0 Å². The molecule has 0 spiro atoms. The van der Waals surface area contributed by atoms with Crippen molar-refractivity contribution in [3.8, 4) is 11.4 Å². The van der Waals surface area contributed by atoms with Crippen molar-refractivity contribution in [2.75, 3.05) is 32.8 Å². The highest BCUT2D eigenvalue weighted by molar-refractivity contribution is 7.71. The zero-order chi connectivity index (χ0) is 14.5. The summed E-state index contributed by atoms with van der Waals surface area (Å²) in [5, 5.41) is 7.20. The number of pyridine rings is 1. The summed E-state index contributed by atoms with van der Waals surface area (Å²) in [5.41, 5.74) is 0.983. The third-order valence-electron chi connectivity index (χ3n) is 3.64. The van der Waals surface area contributed by atoms with Gasteiger partial charge in [0.05, 0.1) is 13.2 Å². The van der Waals surface area contributed by atoms with Crippen molar-refractivity contribution in [3.63, 3.8) is 0 Å². The van der Waals surface area contributed by atoms with Gasteiger partial charge in [-0.3, -0.25) is 15.0 Å². The summed E-state index contributed by atoms with van der Waals surface area (Å²) in [6.45, 7) is 5.64. The lowest BCUT2D eigenvalue weighted by Gasteiger charge is -2.26. The highest BCUT2D eigenvalue weighted by atomic mass is 32.1. The number of rotatable bonds is 5. The number of hydrogen-bond acceptors (Lipinski definition) is 5. The van der Waals surface area contributed by atoms with E-state index in [0.29, 0.717) is 4.77 Å². The summed E-state index contributed by atoms with van der Waals surface area (Å²) in [7, 11) is 0. The van der Waals surface area contributed by atoms with Crippen molar-refractivity contribution in [2.45, 2.75) is 13.0 Å². The Labute approximate surface area is 128 Å². The lowest BCUT2D eigenvalue weighted by molar-refractivity contribution is 0.0369. The van der Waals surface area contributed by atoms with Crippen molar-refractivity contribution < 1.29 is 4.74 Å². The Morgan fingerprint density at radius 2 is 2.14 bits per heavy atom. The van der Waals surface area contributed by atoms with Gasteiger partial charge in [0.2, 0.25) is 0 Å². The monoisotopic (exact) mass is 305 g/mol. The third-order valence-corrected chi connectivity index (χ3v) is 3.95. The fourth-order valence-corrected chi connectivity index (χ4v) is 2.74. The van der Waals surface area contributed by atoms with E-state index >= 15 is 0 Å². The standard InChI is InChI=1S/C14H19N5OS/c21-14-17-16-13(12-3-1-4-15-11-12)19(14)6-2-5-18-7-9-20-10-8-18/h1,3-4,11H,2,5-10H2,(H,17,21). The molecular formula is C14H19N5OS. The molecule has 1 fully saturated rings. The van der Waals surface area contributed by atoms with Gasteiger partial charge in [0.25, 0.3) is 0 Å². The van der Waals surface area contributed by atoms with Gasteiger partial charge in [0.1, 0.15) is 0 Å². The molecule has 3 heterocycles. The predicted octanol–water partition coefficient (Wildman–Crippen LogP) is 1.72. The average molecular weight is 305 g/mol. The first kappa shape index (κ1) is 14.4. The number of nitrogens with one attached hydrogen (secondary N) is 1. The fraction of sp³-hybridized carbons (Fsp3) is 0.500. The molecule has 1 aliphatic rings. The van der Waals surface area contributed by atoms with Gasteiger partial charge in [0.15, 0.2) is 10.6 Å². The van der Waals surface area contributed by atoms with E-state index in [0.717, 1.165) is 57.2 Å². The molecule has 0 radical (unpaired) electrons. The zero-order valence-corrected chi connectivity index (χ0v) is 12.7. The first-order chi connectivity index (χ1) is 10.3. The molecule has 2 aromatic heterocycles. The minimum atomic E-state index is 0.663. The molecular weight excluding hydrogens is 286 g/mol. The highest BCUT2D eigenvalue weighted by Gasteiger charge is 2.12. The van der Waals surface area contributed by atoms with Crippen LogP contribution in [0.25, 0.3) is 11.4 Å². The topological polar surface area (TPSA) is 59.0 Å². The number of aromatic nitrogens is 4. The molecule has 6 nitrogen and oxygen atoms in total. The SMILES string of the molecule is S=c1[nH]nc(-c2cccnc2)n1CCCN1CCOCC1. The second-order valence-corrected chi connectivity index (χ2v) is 5.44. The van der Waals surface area contributed by atoms with Crippen LogP contribution in [0.2, 0.25) is 0 Å².